The molecule has 2 aromatic rings. The van der Waals surface area contributed by atoms with Crippen LogP contribution in [-0.2, 0) is 4.79 Å². The lowest BCUT2D eigenvalue weighted by Gasteiger charge is -2.11. The fourth-order valence-electron chi connectivity index (χ4n) is 1.77. The summed E-state index contributed by atoms with van der Waals surface area (Å²) >= 11 is 5.81. The Morgan fingerprint density at radius 2 is 2.14 bits per heavy atom. The quantitative estimate of drug-likeness (QED) is 0.861. The molecular weight excluding hydrogens is 290 g/mol. The van der Waals surface area contributed by atoms with E-state index in [1.807, 2.05) is 19.1 Å². The molecule has 21 heavy (non-hydrogen) atoms. The second kappa shape index (κ2) is 7.04. The number of nitrogens with one attached hydrogen (secondary N) is 1. The van der Waals surface area contributed by atoms with Gasteiger partial charge in [0.2, 0.25) is 11.8 Å². The molecule has 0 bridgehead atoms. The van der Waals surface area contributed by atoms with Gasteiger partial charge >= 0.3 is 0 Å². The van der Waals surface area contributed by atoms with Crippen LogP contribution >= 0.6 is 11.6 Å². The lowest BCUT2D eigenvalue weighted by molar-refractivity contribution is -0.117. The molecule has 1 N–H and O–H groups in total. The van der Waals surface area contributed by atoms with Crippen molar-refractivity contribution in [3.8, 4) is 0 Å². The van der Waals surface area contributed by atoms with Gasteiger partial charge in [0.05, 0.1) is 6.04 Å². The van der Waals surface area contributed by atoms with Crippen molar-refractivity contribution < 1.29 is 9.32 Å². The number of carbonyl (C=O) groups excluding carboxylic acids is 1. The van der Waals surface area contributed by atoms with Crippen molar-refractivity contribution in [1.29, 1.82) is 0 Å². The monoisotopic (exact) mass is 305 g/mol. The molecule has 1 aromatic heterocycles. The van der Waals surface area contributed by atoms with Crippen LogP contribution in [-0.4, -0.2) is 16.0 Å². The highest BCUT2D eigenvalue weighted by atomic mass is 35.5. The molecule has 0 fully saturated rings. The molecule has 0 radical (unpaired) electrons. The van der Waals surface area contributed by atoms with Gasteiger partial charge in [-0.1, -0.05) is 35.8 Å². The largest absolute Gasteiger partial charge is 0.342 e. The maximum atomic E-state index is 11.9. The van der Waals surface area contributed by atoms with Crippen LogP contribution in [0.5, 0.6) is 0 Å². The predicted octanol–water partition coefficient (Wildman–Crippen LogP) is 3.31. The van der Waals surface area contributed by atoms with Gasteiger partial charge in [-0.05, 0) is 30.2 Å². The zero-order chi connectivity index (χ0) is 15.2. The van der Waals surface area contributed by atoms with E-state index in [-0.39, 0.29) is 11.9 Å². The highest BCUT2D eigenvalue weighted by Gasteiger charge is 2.16. The van der Waals surface area contributed by atoms with E-state index in [9.17, 15) is 4.79 Å². The molecule has 6 heteroatoms. The second-order valence-corrected chi connectivity index (χ2v) is 4.96. The summed E-state index contributed by atoms with van der Waals surface area (Å²) in [5, 5.41) is 7.33. The van der Waals surface area contributed by atoms with Crippen LogP contribution in [0, 0.1) is 6.92 Å². The van der Waals surface area contributed by atoms with Gasteiger partial charge in [0, 0.05) is 18.0 Å². The van der Waals surface area contributed by atoms with Gasteiger partial charge in [0.1, 0.15) is 0 Å². The lowest BCUT2D eigenvalue weighted by atomic mass is 10.2. The molecular formula is C15H16ClN3O2. The van der Waals surface area contributed by atoms with E-state index in [4.69, 9.17) is 16.1 Å². The number of amides is 1. The summed E-state index contributed by atoms with van der Waals surface area (Å²) in [6.45, 7) is 3.66. The lowest BCUT2D eigenvalue weighted by Crippen LogP contribution is -2.27. The minimum atomic E-state index is -0.259. The third-order valence-electron chi connectivity index (χ3n) is 2.88. The van der Waals surface area contributed by atoms with E-state index in [2.05, 4.69) is 15.5 Å². The van der Waals surface area contributed by atoms with Crippen molar-refractivity contribution in [3.05, 3.63) is 52.6 Å². The third kappa shape index (κ3) is 4.43. The average Bonchev–Trinajstić information content (AvgIpc) is 2.90. The maximum absolute atomic E-state index is 11.9. The number of hydrogen-bond acceptors (Lipinski definition) is 4. The average molecular weight is 306 g/mol. The number of benzene rings is 1. The van der Waals surface area contributed by atoms with Crippen molar-refractivity contribution in [2.45, 2.75) is 26.3 Å². The smallest absolute Gasteiger partial charge is 0.244 e. The minimum Gasteiger partial charge on any atom is -0.342 e. The van der Waals surface area contributed by atoms with Crippen LogP contribution in [0.4, 0.5) is 0 Å². The first kappa shape index (κ1) is 15.3. The SMILES string of the molecule is CC[C@H](NC(=O)/C=C/c1ccc(Cl)cc1)c1noc(C)n1. The standard InChI is InChI=1S/C15H16ClN3O2/c1-3-13(15-17-10(2)21-19-15)18-14(20)9-6-11-4-7-12(16)8-5-11/h4-9,13H,3H2,1-2H3,(H,18,20)/b9-6+/t13-/m0/s1. The molecule has 1 aromatic carbocycles. The summed E-state index contributed by atoms with van der Waals surface area (Å²) in [6, 6.07) is 6.97. The Morgan fingerprint density at radius 1 is 1.43 bits per heavy atom. The van der Waals surface area contributed by atoms with Gasteiger partial charge in [-0.3, -0.25) is 4.79 Å². The zero-order valence-corrected chi connectivity index (χ0v) is 12.6. The van der Waals surface area contributed by atoms with Gasteiger partial charge in [0.15, 0.2) is 5.82 Å². The van der Waals surface area contributed by atoms with Gasteiger partial charge in [-0.25, -0.2) is 0 Å². The predicted molar refractivity (Wildman–Crippen MR) is 80.7 cm³/mol. The minimum absolute atomic E-state index is 0.209. The molecule has 2 rings (SSSR count). The van der Waals surface area contributed by atoms with Crippen molar-refractivity contribution in [1.82, 2.24) is 15.5 Å². The molecule has 1 heterocycles. The maximum Gasteiger partial charge on any atom is 0.244 e. The number of aryl methyl sites for hydroxylation is 1. The zero-order valence-electron chi connectivity index (χ0n) is 11.8. The summed E-state index contributed by atoms with van der Waals surface area (Å²) in [6.07, 6.45) is 3.87. The molecule has 1 amide bonds. The van der Waals surface area contributed by atoms with E-state index in [1.54, 1.807) is 25.1 Å². The Morgan fingerprint density at radius 3 is 2.71 bits per heavy atom. The first-order valence-electron chi connectivity index (χ1n) is 6.63. The van der Waals surface area contributed by atoms with Crippen LogP contribution < -0.4 is 5.32 Å². The van der Waals surface area contributed by atoms with E-state index in [1.165, 1.54) is 6.08 Å². The first-order valence-corrected chi connectivity index (χ1v) is 7.00. The van der Waals surface area contributed by atoms with E-state index >= 15 is 0 Å². The van der Waals surface area contributed by atoms with Gasteiger partial charge < -0.3 is 9.84 Å². The topological polar surface area (TPSA) is 68.0 Å². The van der Waals surface area contributed by atoms with Crippen LogP contribution in [0.1, 0.15) is 36.7 Å². The Hall–Kier alpha value is -2.14. The van der Waals surface area contributed by atoms with Crippen molar-refractivity contribution in [2.24, 2.45) is 0 Å². The molecule has 0 saturated carbocycles. The molecule has 1 atom stereocenters. The Bertz CT molecular complexity index is 635. The van der Waals surface area contributed by atoms with Crippen LogP contribution in [0.2, 0.25) is 5.02 Å². The van der Waals surface area contributed by atoms with Crippen LogP contribution in [0.3, 0.4) is 0 Å². The summed E-state index contributed by atoms with van der Waals surface area (Å²) in [5.74, 6) is 0.761. The molecule has 110 valence electrons. The highest BCUT2D eigenvalue weighted by Crippen LogP contribution is 2.13. The number of rotatable bonds is 5. The number of hydrogen-bond donors (Lipinski definition) is 1. The van der Waals surface area contributed by atoms with Crippen LogP contribution in [0.25, 0.3) is 6.08 Å². The summed E-state index contributed by atoms with van der Waals surface area (Å²) in [7, 11) is 0. The molecule has 0 saturated heterocycles. The van der Waals surface area contributed by atoms with Crippen molar-refractivity contribution >= 4 is 23.6 Å². The Labute approximate surface area is 128 Å². The third-order valence-corrected chi connectivity index (χ3v) is 3.13. The highest BCUT2D eigenvalue weighted by molar-refractivity contribution is 6.30. The number of aromatic nitrogens is 2. The Kier molecular flexibility index (Phi) is 5.11. The van der Waals surface area contributed by atoms with Crippen molar-refractivity contribution in [3.63, 3.8) is 0 Å². The Balaban J connectivity index is 1.98. The summed E-state index contributed by atoms with van der Waals surface area (Å²) in [4.78, 5) is 16.1. The molecule has 0 spiro atoms. The molecule has 0 aliphatic carbocycles. The summed E-state index contributed by atoms with van der Waals surface area (Å²) in [5.41, 5.74) is 0.901. The van der Waals surface area contributed by atoms with E-state index < -0.39 is 0 Å². The van der Waals surface area contributed by atoms with E-state index in [0.29, 0.717) is 23.2 Å². The number of nitrogens with zero attached hydrogens (tertiary/aromatic N) is 2. The fourth-order valence-corrected chi connectivity index (χ4v) is 1.90. The van der Waals surface area contributed by atoms with Crippen molar-refractivity contribution in [2.75, 3.05) is 0 Å². The molecule has 0 aliphatic heterocycles. The first-order chi connectivity index (χ1) is 10.1. The van der Waals surface area contributed by atoms with E-state index in [0.717, 1.165) is 5.56 Å². The van der Waals surface area contributed by atoms with Gasteiger partial charge in [-0.15, -0.1) is 0 Å². The van der Waals surface area contributed by atoms with Gasteiger partial charge in [-0.2, -0.15) is 4.98 Å². The van der Waals surface area contributed by atoms with Crippen LogP contribution in [0.15, 0.2) is 34.9 Å². The second-order valence-electron chi connectivity index (χ2n) is 4.53. The number of halogens is 1. The molecule has 0 aliphatic rings. The summed E-state index contributed by atoms with van der Waals surface area (Å²) < 4.78 is 4.93. The van der Waals surface area contributed by atoms with Gasteiger partial charge in [0.25, 0.3) is 0 Å². The normalized spacial score (nSPS) is 12.5. The number of carbonyl (C=O) groups is 1. The fraction of sp³-hybridized carbons (Fsp3) is 0.267. The molecule has 5 nitrogen and oxygen atoms in total. The molecule has 0 unspecified atom stereocenters.